The lowest BCUT2D eigenvalue weighted by Crippen LogP contribution is -2.40. The van der Waals surface area contributed by atoms with Crippen LogP contribution in [-0.4, -0.2) is 41.4 Å². The van der Waals surface area contributed by atoms with Crippen LogP contribution in [0.4, 0.5) is 11.4 Å². The molecule has 9 nitrogen and oxygen atoms in total. The molecule has 36 heavy (non-hydrogen) atoms. The fourth-order valence-electron chi connectivity index (χ4n) is 4.74. The molecule has 0 bridgehead atoms. The predicted molar refractivity (Wildman–Crippen MR) is 135 cm³/mol. The van der Waals surface area contributed by atoms with Crippen molar-refractivity contribution in [1.29, 1.82) is 0 Å². The summed E-state index contributed by atoms with van der Waals surface area (Å²) in [6.45, 7) is 0.431. The van der Waals surface area contributed by atoms with E-state index in [2.05, 4.69) is 16.4 Å². The molecule has 182 valence electrons. The highest BCUT2D eigenvalue weighted by Crippen LogP contribution is 2.36. The number of para-hydroxylation sites is 1. The highest BCUT2D eigenvalue weighted by molar-refractivity contribution is 6.23. The van der Waals surface area contributed by atoms with E-state index >= 15 is 0 Å². The van der Waals surface area contributed by atoms with Gasteiger partial charge in [0.15, 0.2) is 0 Å². The Morgan fingerprint density at radius 2 is 1.86 bits per heavy atom. The van der Waals surface area contributed by atoms with Crippen molar-refractivity contribution in [2.45, 2.75) is 18.4 Å². The van der Waals surface area contributed by atoms with Crippen LogP contribution in [0, 0.1) is 10.1 Å². The number of anilines is 1. The molecule has 2 N–H and O–H groups in total. The van der Waals surface area contributed by atoms with Crippen molar-refractivity contribution in [2.75, 3.05) is 18.6 Å². The van der Waals surface area contributed by atoms with Gasteiger partial charge in [0, 0.05) is 35.6 Å². The molecule has 0 saturated carbocycles. The number of nitrogens with one attached hydrogen (secondary N) is 2. The fraction of sp³-hybridized carbons (Fsp3) is 0.185. The molecule has 0 spiro atoms. The Bertz CT molecular complexity index is 1450. The van der Waals surface area contributed by atoms with Gasteiger partial charge in [-0.2, -0.15) is 0 Å². The van der Waals surface area contributed by atoms with Crippen molar-refractivity contribution in [1.82, 2.24) is 10.3 Å². The van der Waals surface area contributed by atoms with Crippen molar-refractivity contribution in [2.24, 2.45) is 0 Å². The maximum atomic E-state index is 13.3. The van der Waals surface area contributed by atoms with Crippen molar-refractivity contribution in [3.63, 3.8) is 0 Å². The number of methoxy groups -OCH3 is 1. The maximum Gasteiger partial charge on any atom is 0.273 e. The monoisotopic (exact) mass is 484 g/mol. The summed E-state index contributed by atoms with van der Waals surface area (Å²) in [7, 11) is 1.34. The zero-order chi connectivity index (χ0) is 25.2. The minimum absolute atomic E-state index is 0.0195. The molecule has 1 saturated heterocycles. The summed E-state index contributed by atoms with van der Waals surface area (Å²) in [6.07, 6.45) is 1.97. The number of H-pyrrole nitrogens is 1. The first-order valence-electron chi connectivity index (χ1n) is 11.5. The Balaban J connectivity index is 1.41. The summed E-state index contributed by atoms with van der Waals surface area (Å²) in [6, 6.07) is 21.1. The van der Waals surface area contributed by atoms with E-state index in [9.17, 15) is 19.7 Å². The first-order valence-corrected chi connectivity index (χ1v) is 11.5. The second kappa shape index (κ2) is 9.63. The summed E-state index contributed by atoms with van der Waals surface area (Å²) in [5, 5.41) is 15.5. The molecule has 3 aromatic carbocycles. The van der Waals surface area contributed by atoms with Crippen LogP contribution in [0.15, 0.2) is 79.0 Å². The third-order valence-corrected chi connectivity index (χ3v) is 6.53. The first-order chi connectivity index (χ1) is 17.5. The van der Waals surface area contributed by atoms with Gasteiger partial charge in [-0.1, -0.05) is 48.5 Å². The number of carbonyl (C=O) groups excluding carboxylic acids is 2. The largest absolute Gasteiger partial charge is 0.494 e. The van der Waals surface area contributed by atoms with Crippen LogP contribution >= 0.6 is 0 Å². The molecule has 9 heteroatoms. The number of hydrogen-bond acceptors (Lipinski definition) is 6. The number of imide groups is 1. The molecule has 2 atom stereocenters. The number of non-ortho nitro benzene ring substituents is 1. The third-order valence-electron chi connectivity index (χ3n) is 6.53. The second-order valence-electron chi connectivity index (χ2n) is 8.60. The van der Waals surface area contributed by atoms with E-state index in [1.165, 1.54) is 25.3 Å². The molecule has 1 fully saturated rings. The lowest BCUT2D eigenvalue weighted by atomic mass is 9.90. The number of carbonyl (C=O) groups is 2. The Morgan fingerprint density at radius 3 is 2.61 bits per heavy atom. The van der Waals surface area contributed by atoms with Crippen LogP contribution in [0.2, 0.25) is 0 Å². The van der Waals surface area contributed by atoms with Gasteiger partial charge < -0.3 is 15.0 Å². The summed E-state index contributed by atoms with van der Waals surface area (Å²) in [5.41, 5.74) is 3.21. The maximum absolute atomic E-state index is 13.3. The molecule has 4 aromatic rings. The van der Waals surface area contributed by atoms with Crippen LogP contribution in [0.5, 0.6) is 5.75 Å². The van der Waals surface area contributed by atoms with Crippen LogP contribution < -0.4 is 15.0 Å². The smallest absolute Gasteiger partial charge is 0.273 e. The van der Waals surface area contributed by atoms with Crippen molar-refractivity contribution in [3.05, 3.63) is 100 Å². The molecule has 0 aliphatic carbocycles. The van der Waals surface area contributed by atoms with Crippen LogP contribution in [0.1, 0.15) is 23.5 Å². The fourth-order valence-corrected chi connectivity index (χ4v) is 4.74. The van der Waals surface area contributed by atoms with E-state index in [0.29, 0.717) is 6.54 Å². The highest BCUT2D eigenvalue weighted by atomic mass is 16.6. The number of benzene rings is 3. The number of rotatable bonds is 8. The summed E-state index contributed by atoms with van der Waals surface area (Å²) in [4.78, 5) is 41.1. The summed E-state index contributed by atoms with van der Waals surface area (Å²) < 4.78 is 5.25. The number of aromatic amines is 1. The van der Waals surface area contributed by atoms with E-state index in [0.717, 1.165) is 26.9 Å². The average Bonchev–Trinajstić information content (AvgIpc) is 3.44. The number of ether oxygens (including phenoxy) is 1. The lowest BCUT2D eigenvalue weighted by molar-refractivity contribution is -0.384. The SMILES string of the molecule is COc1cc([N+](=O)[O-])ccc1N1C(=O)CC(NCC(c2ccccc2)c2c[nH]c3ccccc23)C1=O. The number of hydrogen-bond donors (Lipinski definition) is 2. The van der Waals surface area contributed by atoms with Gasteiger partial charge in [0.25, 0.3) is 11.6 Å². The normalized spacial score (nSPS) is 16.5. The molecule has 1 aliphatic rings. The Labute approximate surface area is 206 Å². The summed E-state index contributed by atoms with van der Waals surface area (Å²) >= 11 is 0. The molecular weight excluding hydrogens is 460 g/mol. The number of nitro groups is 1. The van der Waals surface area contributed by atoms with E-state index in [1.54, 1.807) is 0 Å². The first kappa shape index (κ1) is 23.3. The van der Waals surface area contributed by atoms with Gasteiger partial charge >= 0.3 is 0 Å². The van der Waals surface area contributed by atoms with E-state index in [4.69, 9.17) is 4.74 Å². The van der Waals surface area contributed by atoms with E-state index < -0.39 is 22.8 Å². The van der Waals surface area contributed by atoms with Gasteiger partial charge in [-0.15, -0.1) is 0 Å². The minimum Gasteiger partial charge on any atom is -0.494 e. The van der Waals surface area contributed by atoms with Crippen LogP contribution in [0.25, 0.3) is 10.9 Å². The molecule has 2 heterocycles. The topological polar surface area (TPSA) is 118 Å². The van der Waals surface area contributed by atoms with Gasteiger partial charge in [-0.05, 0) is 23.3 Å². The standard InChI is InChI=1S/C27H24N4O5/c1-36-25-13-18(31(34)35)11-12-24(25)30-26(32)14-23(27(30)33)29-15-20(17-7-3-2-4-8-17)21-16-28-22-10-6-5-9-19(21)22/h2-13,16,20,23,28-29H,14-15H2,1H3. The molecule has 5 rings (SSSR count). The predicted octanol–water partition coefficient (Wildman–Crippen LogP) is 4.14. The van der Waals surface area contributed by atoms with Gasteiger partial charge in [0.05, 0.1) is 36.2 Å². The van der Waals surface area contributed by atoms with Crippen molar-refractivity contribution >= 4 is 34.1 Å². The minimum atomic E-state index is -0.728. The molecular formula is C27H24N4O5. The molecule has 1 aromatic heterocycles. The zero-order valence-electron chi connectivity index (χ0n) is 19.5. The van der Waals surface area contributed by atoms with Gasteiger partial charge in [-0.25, -0.2) is 4.90 Å². The molecule has 1 aliphatic heterocycles. The summed E-state index contributed by atoms with van der Waals surface area (Å²) in [5.74, 6) is -0.786. The Morgan fingerprint density at radius 1 is 1.11 bits per heavy atom. The van der Waals surface area contributed by atoms with E-state index in [-0.39, 0.29) is 29.5 Å². The second-order valence-corrected chi connectivity index (χ2v) is 8.60. The van der Waals surface area contributed by atoms with Crippen molar-refractivity contribution in [3.8, 4) is 5.75 Å². The number of nitro benzene ring substituents is 1. The van der Waals surface area contributed by atoms with Gasteiger partial charge in [0.1, 0.15) is 5.75 Å². The van der Waals surface area contributed by atoms with Crippen LogP contribution in [0.3, 0.4) is 0 Å². The van der Waals surface area contributed by atoms with Crippen molar-refractivity contribution < 1.29 is 19.2 Å². The Hall–Kier alpha value is -4.50. The zero-order valence-corrected chi connectivity index (χ0v) is 19.5. The number of amides is 2. The van der Waals surface area contributed by atoms with Gasteiger partial charge in [-0.3, -0.25) is 19.7 Å². The lowest BCUT2D eigenvalue weighted by Gasteiger charge is -2.21. The quantitative estimate of drug-likeness (QED) is 0.221. The number of nitrogens with zero attached hydrogens (tertiary/aromatic N) is 2. The molecule has 2 unspecified atom stereocenters. The third kappa shape index (κ3) is 4.20. The van der Waals surface area contributed by atoms with Crippen LogP contribution in [-0.2, 0) is 9.59 Å². The highest BCUT2D eigenvalue weighted by Gasteiger charge is 2.41. The molecule has 2 amide bonds. The number of fused-ring (bicyclic) bond motifs is 1. The van der Waals surface area contributed by atoms with E-state index in [1.807, 2.05) is 54.7 Å². The molecule has 0 radical (unpaired) electrons. The average molecular weight is 485 g/mol. The number of aromatic nitrogens is 1. The Kier molecular flexibility index (Phi) is 6.22. The van der Waals surface area contributed by atoms with Gasteiger partial charge in [0.2, 0.25) is 5.91 Å².